The van der Waals surface area contributed by atoms with Gasteiger partial charge in [0.2, 0.25) is 0 Å². The largest absolute Gasteiger partial charge is 0.504 e. The minimum Gasteiger partial charge on any atom is -0.504 e. The van der Waals surface area contributed by atoms with E-state index in [9.17, 15) is 20.0 Å². The van der Waals surface area contributed by atoms with E-state index in [0.29, 0.717) is 0 Å². The van der Waals surface area contributed by atoms with E-state index >= 15 is 0 Å². The van der Waals surface area contributed by atoms with Crippen LogP contribution < -0.4 is 10.6 Å². The summed E-state index contributed by atoms with van der Waals surface area (Å²) in [6.07, 6.45) is 0.951. The smallest absolute Gasteiger partial charge is 0.320 e. The highest BCUT2D eigenvalue weighted by Gasteiger charge is 2.17. The fourth-order valence-electron chi connectivity index (χ4n) is 1.12. The second-order valence-electron chi connectivity index (χ2n) is 4.65. The van der Waals surface area contributed by atoms with E-state index in [4.69, 9.17) is 0 Å². The van der Waals surface area contributed by atoms with Crippen LogP contribution in [0.25, 0.3) is 0 Å². The molecule has 0 bridgehead atoms. The van der Waals surface area contributed by atoms with E-state index in [2.05, 4.69) is 15.6 Å². The SMILES string of the molecule is CC(C)(C)NC(=O)Nc1ncc([N+](=O)[O-])cc1O. The predicted octanol–water partition coefficient (Wildman–Crippen LogP) is 1.62. The molecule has 0 fully saturated rings. The molecule has 3 N–H and O–H groups in total. The van der Waals surface area contributed by atoms with Gasteiger partial charge in [-0.15, -0.1) is 0 Å². The second kappa shape index (κ2) is 4.86. The Bertz CT molecular complexity index is 481. The highest BCUT2D eigenvalue weighted by Crippen LogP contribution is 2.24. The molecule has 1 aromatic rings. The van der Waals surface area contributed by atoms with E-state index in [1.807, 2.05) is 0 Å². The third-order valence-electron chi connectivity index (χ3n) is 1.78. The van der Waals surface area contributed by atoms with Gasteiger partial charge in [-0.1, -0.05) is 0 Å². The summed E-state index contributed by atoms with van der Waals surface area (Å²) in [6.45, 7) is 5.36. The second-order valence-corrected chi connectivity index (χ2v) is 4.65. The molecule has 18 heavy (non-hydrogen) atoms. The van der Waals surface area contributed by atoms with Gasteiger partial charge < -0.3 is 10.4 Å². The molecule has 8 heteroatoms. The first-order chi connectivity index (χ1) is 8.19. The normalized spacial score (nSPS) is 10.8. The van der Waals surface area contributed by atoms with Crippen LogP contribution in [0, 0.1) is 10.1 Å². The summed E-state index contributed by atoms with van der Waals surface area (Å²) < 4.78 is 0. The van der Waals surface area contributed by atoms with Gasteiger partial charge in [-0.2, -0.15) is 0 Å². The zero-order valence-corrected chi connectivity index (χ0v) is 10.2. The molecular formula is C10H14N4O4. The third kappa shape index (κ3) is 3.89. The quantitative estimate of drug-likeness (QED) is 0.547. The summed E-state index contributed by atoms with van der Waals surface area (Å²) in [5, 5.41) is 24.8. The lowest BCUT2D eigenvalue weighted by Crippen LogP contribution is -2.43. The van der Waals surface area contributed by atoms with Crippen LogP contribution in [-0.2, 0) is 0 Å². The zero-order chi connectivity index (χ0) is 13.9. The number of hydrogen-bond donors (Lipinski definition) is 3. The number of anilines is 1. The van der Waals surface area contributed by atoms with Crippen molar-refractivity contribution in [3.63, 3.8) is 0 Å². The van der Waals surface area contributed by atoms with Crippen molar-refractivity contribution in [2.24, 2.45) is 0 Å². The summed E-state index contributed by atoms with van der Waals surface area (Å²) in [5.74, 6) is -0.601. The van der Waals surface area contributed by atoms with Gasteiger partial charge in [-0.25, -0.2) is 9.78 Å². The minimum absolute atomic E-state index is 0.137. The molecule has 0 aromatic carbocycles. The average molecular weight is 254 g/mol. The molecule has 1 aromatic heterocycles. The summed E-state index contributed by atoms with van der Waals surface area (Å²) in [5.41, 5.74) is -0.796. The number of pyridine rings is 1. The van der Waals surface area contributed by atoms with Crippen molar-refractivity contribution < 1.29 is 14.8 Å². The number of carbonyl (C=O) groups is 1. The molecule has 0 saturated heterocycles. The number of urea groups is 1. The van der Waals surface area contributed by atoms with E-state index in [1.165, 1.54) is 0 Å². The molecule has 0 aliphatic heterocycles. The topological polar surface area (TPSA) is 117 Å². The Labute approximate surface area is 103 Å². The van der Waals surface area contributed by atoms with Gasteiger partial charge in [0.1, 0.15) is 6.20 Å². The molecule has 0 atom stereocenters. The van der Waals surface area contributed by atoms with Crippen LogP contribution in [0.4, 0.5) is 16.3 Å². The molecule has 0 aliphatic carbocycles. The zero-order valence-electron chi connectivity index (χ0n) is 10.2. The lowest BCUT2D eigenvalue weighted by atomic mass is 10.1. The molecule has 2 amide bonds. The minimum atomic E-state index is -0.689. The standard InChI is InChI=1S/C10H14N4O4/c1-10(2,3)13-9(16)12-8-7(15)4-6(5-11-8)14(17)18/h4-5,15H,1-3H3,(H2,11,12,13,16). The molecule has 1 rings (SSSR count). The maximum atomic E-state index is 11.5. The number of aromatic nitrogens is 1. The lowest BCUT2D eigenvalue weighted by Gasteiger charge is -2.20. The molecule has 0 spiro atoms. The number of hydrogen-bond acceptors (Lipinski definition) is 5. The molecule has 0 saturated carbocycles. The number of nitrogens with one attached hydrogen (secondary N) is 2. The van der Waals surface area contributed by atoms with Crippen molar-refractivity contribution >= 4 is 17.5 Å². The Kier molecular flexibility index (Phi) is 3.70. The number of aromatic hydroxyl groups is 1. The van der Waals surface area contributed by atoms with Gasteiger partial charge in [-0.05, 0) is 20.8 Å². The first-order valence-corrected chi connectivity index (χ1v) is 5.11. The van der Waals surface area contributed by atoms with Crippen LogP contribution in [0.5, 0.6) is 5.75 Å². The molecular weight excluding hydrogens is 240 g/mol. The van der Waals surface area contributed by atoms with Gasteiger partial charge in [0, 0.05) is 5.54 Å². The fraction of sp³-hybridized carbons (Fsp3) is 0.400. The summed E-state index contributed by atoms with van der Waals surface area (Å²) >= 11 is 0. The van der Waals surface area contributed by atoms with Crippen LogP contribution in [0.3, 0.4) is 0 Å². The first kappa shape index (κ1) is 13.7. The van der Waals surface area contributed by atoms with Crippen LogP contribution >= 0.6 is 0 Å². The molecule has 1 heterocycles. The van der Waals surface area contributed by atoms with E-state index in [-0.39, 0.29) is 11.5 Å². The van der Waals surface area contributed by atoms with Crippen molar-refractivity contribution in [3.8, 4) is 5.75 Å². The number of carbonyl (C=O) groups excluding carboxylic acids is 1. The number of amides is 2. The van der Waals surface area contributed by atoms with Gasteiger partial charge in [0.05, 0.1) is 11.0 Å². The monoisotopic (exact) mass is 254 g/mol. The maximum absolute atomic E-state index is 11.5. The number of nitrogens with zero attached hydrogens (tertiary/aromatic N) is 2. The van der Waals surface area contributed by atoms with Crippen molar-refractivity contribution in [2.75, 3.05) is 5.32 Å². The number of nitro groups is 1. The van der Waals surface area contributed by atoms with Crippen molar-refractivity contribution in [1.29, 1.82) is 0 Å². The highest BCUT2D eigenvalue weighted by atomic mass is 16.6. The van der Waals surface area contributed by atoms with Crippen LogP contribution in [-0.4, -0.2) is 26.6 Å². The maximum Gasteiger partial charge on any atom is 0.320 e. The average Bonchev–Trinajstić information content (AvgIpc) is 2.17. The van der Waals surface area contributed by atoms with Gasteiger partial charge >= 0.3 is 6.03 Å². The molecule has 0 radical (unpaired) electrons. The van der Waals surface area contributed by atoms with Crippen LogP contribution in [0.1, 0.15) is 20.8 Å². The Balaban J connectivity index is 2.80. The molecule has 0 unspecified atom stereocenters. The molecule has 98 valence electrons. The van der Waals surface area contributed by atoms with E-state index < -0.39 is 22.2 Å². The predicted molar refractivity (Wildman–Crippen MR) is 64.5 cm³/mol. The third-order valence-corrected chi connectivity index (χ3v) is 1.78. The van der Waals surface area contributed by atoms with E-state index in [0.717, 1.165) is 12.3 Å². The van der Waals surface area contributed by atoms with Crippen LogP contribution in [0.15, 0.2) is 12.3 Å². The van der Waals surface area contributed by atoms with Crippen molar-refractivity contribution in [2.45, 2.75) is 26.3 Å². The van der Waals surface area contributed by atoms with Gasteiger partial charge in [0.25, 0.3) is 5.69 Å². The summed E-state index contributed by atoms with van der Waals surface area (Å²) in [6, 6.07) is 0.360. The Morgan fingerprint density at radius 1 is 1.50 bits per heavy atom. The molecule has 8 nitrogen and oxygen atoms in total. The van der Waals surface area contributed by atoms with Gasteiger partial charge in [-0.3, -0.25) is 15.4 Å². The molecule has 0 aliphatic rings. The highest BCUT2D eigenvalue weighted by molar-refractivity contribution is 5.90. The Hall–Kier alpha value is -2.38. The fourth-order valence-corrected chi connectivity index (χ4v) is 1.12. The Morgan fingerprint density at radius 3 is 2.56 bits per heavy atom. The number of rotatable bonds is 2. The summed E-state index contributed by atoms with van der Waals surface area (Å²) in [4.78, 5) is 24.8. The van der Waals surface area contributed by atoms with E-state index in [1.54, 1.807) is 20.8 Å². The van der Waals surface area contributed by atoms with Crippen molar-refractivity contribution in [1.82, 2.24) is 10.3 Å². The van der Waals surface area contributed by atoms with Crippen LogP contribution in [0.2, 0.25) is 0 Å². The summed E-state index contributed by atoms with van der Waals surface area (Å²) in [7, 11) is 0. The lowest BCUT2D eigenvalue weighted by molar-refractivity contribution is -0.385. The first-order valence-electron chi connectivity index (χ1n) is 5.11. The van der Waals surface area contributed by atoms with Gasteiger partial charge in [0.15, 0.2) is 11.6 Å². The van der Waals surface area contributed by atoms with Crippen molar-refractivity contribution in [3.05, 3.63) is 22.4 Å². The Morgan fingerprint density at radius 2 is 2.11 bits per heavy atom.